The van der Waals surface area contributed by atoms with Gasteiger partial charge in [-0.25, -0.2) is 8.42 Å². The van der Waals surface area contributed by atoms with Crippen molar-refractivity contribution in [1.82, 2.24) is 10.2 Å². The Balaban J connectivity index is 1.47. The molecule has 0 bridgehead atoms. The van der Waals surface area contributed by atoms with E-state index >= 15 is 0 Å². The van der Waals surface area contributed by atoms with E-state index in [1.165, 1.54) is 6.08 Å². The number of amides is 1. The molecule has 26 heavy (non-hydrogen) atoms. The standard InChI is InChI=1S/C17H17N3O5S/c1-11(12-2-4-14-15(8-12)25-10-24-14)18-17(21)13-3-5-16-19-26(22,23)7-6-20(16)9-13/h2-5,8-9,11H,6-7,10H2,1H3,(H,18,21). The van der Waals surface area contributed by atoms with Gasteiger partial charge in [0, 0.05) is 12.7 Å². The van der Waals surface area contributed by atoms with Crippen LogP contribution < -0.4 is 14.8 Å². The molecule has 1 aromatic carbocycles. The molecular weight excluding hydrogens is 358 g/mol. The normalized spacial score (nSPS) is 20.7. The Morgan fingerprint density at radius 3 is 2.92 bits per heavy atom. The quantitative estimate of drug-likeness (QED) is 0.849. The predicted octanol–water partition coefficient (Wildman–Crippen LogP) is 1.09. The summed E-state index contributed by atoms with van der Waals surface area (Å²) >= 11 is 0. The summed E-state index contributed by atoms with van der Waals surface area (Å²) in [6, 6.07) is 5.31. The largest absolute Gasteiger partial charge is 0.454 e. The average Bonchev–Trinajstić information content (AvgIpc) is 3.08. The van der Waals surface area contributed by atoms with Gasteiger partial charge in [-0.15, -0.1) is 4.40 Å². The van der Waals surface area contributed by atoms with Crippen LogP contribution in [0.15, 0.2) is 46.5 Å². The van der Waals surface area contributed by atoms with Gasteiger partial charge in [0.2, 0.25) is 6.79 Å². The first-order chi connectivity index (χ1) is 12.4. The number of amidine groups is 1. The van der Waals surface area contributed by atoms with Crippen LogP contribution in [0, 0.1) is 0 Å². The lowest BCUT2D eigenvalue weighted by Gasteiger charge is -2.27. The maximum atomic E-state index is 12.5. The molecule has 4 rings (SSSR count). The van der Waals surface area contributed by atoms with Gasteiger partial charge < -0.3 is 19.7 Å². The Morgan fingerprint density at radius 2 is 2.08 bits per heavy atom. The lowest BCUT2D eigenvalue weighted by molar-refractivity contribution is -0.117. The van der Waals surface area contributed by atoms with E-state index in [1.54, 1.807) is 17.2 Å². The average molecular weight is 375 g/mol. The molecule has 3 aliphatic rings. The van der Waals surface area contributed by atoms with Gasteiger partial charge in [-0.2, -0.15) is 0 Å². The van der Waals surface area contributed by atoms with Crippen molar-refractivity contribution in [3.8, 4) is 11.5 Å². The molecule has 1 atom stereocenters. The fourth-order valence-electron chi connectivity index (χ4n) is 2.88. The van der Waals surface area contributed by atoms with Crippen LogP contribution in [0.25, 0.3) is 0 Å². The molecule has 0 saturated heterocycles. The maximum Gasteiger partial charge on any atom is 0.256 e. The van der Waals surface area contributed by atoms with Crippen molar-refractivity contribution in [2.24, 2.45) is 4.40 Å². The third-order valence-corrected chi connectivity index (χ3v) is 5.49. The molecule has 0 aromatic heterocycles. The van der Waals surface area contributed by atoms with Crippen LogP contribution in [-0.4, -0.2) is 44.2 Å². The fourth-order valence-corrected chi connectivity index (χ4v) is 3.85. The third kappa shape index (κ3) is 3.17. The van der Waals surface area contributed by atoms with Crippen molar-refractivity contribution in [2.75, 3.05) is 19.1 Å². The molecular formula is C17H17N3O5S. The fraction of sp³-hybridized carbons (Fsp3) is 0.294. The van der Waals surface area contributed by atoms with Gasteiger partial charge in [0.25, 0.3) is 15.9 Å². The second kappa shape index (κ2) is 6.17. The van der Waals surface area contributed by atoms with Crippen LogP contribution in [0.4, 0.5) is 0 Å². The molecule has 9 heteroatoms. The van der Waals surface area contributed by atoms with Gasteiger partial charge in [0.1, 0.15) is 5.84 Å². The lowest BCUT2D eigenvalue weighted by Crippen LogP contribution is -2.38. The number of rotatable bonds is 3. The summed E-state index contributed by atoms with van der Waals surface area (Å²) in [4.78, 5) is 14.2. The van der Waals surface area contributed by atoms with Crippen LogP contribution in [0.1, 0.15) is 18.5 Å². The predicted molar refractivity (Wildman–Crippen MR) is 94.3 cm³/mol. The Bertz CT molecular complexity index is 965. The van der Waals surface area contributed by atoms with Gasteiger partial charge in [0.05, 0.1) is 17.4 Å². The molecule has 0 saturated carbocycles. The van der Waals surface area contributed by atoms with Crippen molar-refractivity contribution in [2.45, 2.75) is 13.0 Å². The summed E-state index contributed by atoms with van der Waals surface area (Å²) in [5.41, 5.74) is 1.34. The zero-order valence-electron chi connectivity index (χ0n) is 14.0. The molecule has 0 aliphatic carbocycles. The van der Waals surface area contributed by atoms with E-state index in [0.29, 0.717) is 22.9 Å². The molecule has 0 spiro atoms. The SMILES string of the molecule is CC(NC(=O)C1=CN2CCS(=O)(=O)N=C2C=C1)c1ccc2c(c1)OCO2. The second-order valence-electron chi connectivity index (χ2n) is 6.15. The van der Waals surface area contributed by atoms with Gasteiger partial charge in [-0.3, -0.25) is 4.79 Å². The Hall–Kier alpha value is -2.81. The summed E-state index contributed by atoms with van der Waals surface area (Å²) in [6.07, 6.45) is 4.73. The van der Waals surface area contributed by atoms with Crippen LogP contribution >= 0.6 is 0 Å². The molecule has 136 valence electrons. The number of fused-ring (bicyclic) bond motifs is 2. The van der Waals surface area contributed by atoms with E-state index in [9.17, 15) is 13.2 Å². The smallest absolute Gasteiger partial charge is 0.256 e. The zero-order chi connectivity index (χ0) is 18.3. The van der Waals surface area contributed by atoms with Crippen LogP contribution in [0.5, 0.6) is 11.5 Å². The maximum absolute atomic E-state index is 12.5. The summed E-state index contributed by atoms with van der Waals surface area (Å²) in [6.45, 7) is 2.36. The van der Waals surface area contributed by atoms with Gasteiger partial charge in [-0.05, 0) is 36.8 Å². The molecule has 1 aromatic rings. The summed E-state index contributed by atoms with van der Waals surface area (Å²) in [5.74, 6) is 1.37. The molecule has 1 amide bonds. The first-order valence-corrected chi connectivity index (χ1v) is 9.72. The number of nitrogens with zero attached hydrogens (tertiary/aromatic N) is 2. The minimum absolute atomic E-state index is 0.0661. The highest BCUT2D eigenvalue weighted by Gasteiger charge is 2.25. The Labute approximate surface area is 150 Å². The number of hydrogen-bond donors (Lipinski definition) is 1. The third-order valence-electron chi connectivity index (χ3n) is 4.33. The van der Waals surface area contributed by atoms with Crippen molar-refractivity contribution in [3.63, 3.8) is 0 Å². The van der Waals surface area contributed by atoms with Gasteiger partial charge >= 0.3 is 0 Å². The summed E-state index contributed by atoms with van der Waals surface area (Å²) in [5, 5.41) is 2.93. The number of carbonyl (C=O) groups excluding carboxylic acids is 1. The van der Waals surface area contributed by atoms with Crippen LogP contribution in [0.2, 0.25) is 0 Å². The number of hydrogen-bond acceptors (Lipinski definition) is 6. The minimum Gasteiger partial charge on any atom is -0.454 e. The molecule has 8 nitrogen and oxygen atoms in total. The number of ether oxygens (including phenoxy) is 2. The first-order valence-electron chi connectivity index (χ1n) is 8.11. The first kappa shape index (κ1) is 16.6. The number of nitrogens with one attached hydrogen (secondary N) is 1. The Kier molecular flexibility index (Phi) is 3.95. The summed E-state index contributed by atoms with van der Waals surface area (Å²) in [7, 11) is -3.41. The van der Waals surface area contributed by atoms with Crippen molar-refractivity contribution >= 4 is 21.8 Å². The van der Waals surface area contributed by atoms with E-state index in [1.807, 2.05) is 25.1 Å². The van der Waals surface area contributed by atoms with Crippen molar-refractivity contribution < 1.29 is 22.7 Å². The van der Waals surface area contributed by atoms with E-state index in [-0.39, 0.29) is 31.0 Å². The molecule has 1 unspecified atom stereocenters. The lowest BCUT2D eigenvalue weighted by atomic mass is 10.1. The van der Waals surface area contributed by atoms with E-state index in [0.717, 1.165) is 5.56 Å². The van der Waals surface area contributed by atoms with E-state index in [2.05, 4.69) is 9.71 Å². The van der Waals surface area contributed by atoms with E-state index < -0.39 is 10.0 Å². The second-order valence-corrected chi connectivity index (χ2v) is 7.91. The number of sulfonamides is 1. The van der Waals surface area contributed by atoms with Crippen LogP contribution in [0.3, 0.4) is 0 Å². The van der Waals surface area contributed by atoms with Crippen LogP contribution in [-0.2, 0) is 14.8 Å². The van der Waals surface area contributed by atoms with Gasteiger partial charge in [-0.1, -0.05) is 6.07 Å². The van der Waals surface area contributed by atoms with Crippen molar-refractivity contribution in [3.05, 3.63) is 47.7 Å². The molecule has 0 radical (unpaired) electrons. The Morgan fingerprint density at radius 1 is 1.27 bits per heavy atom. The highest BCUT2D eigenvalue weighted by molar-refractivity contribution is 7.90. The highest BCUT2D eigenvalue weighted by atomic mass is 32.2. The molecule has 1 N–H and O–H groups in total. The number of carbonyl (C=O) groups is 1. The topological polar surface area (TPSA) is 97.3 Å². The molecule has 3 heterocycles. The van der Waals surface area contributed by atoms with Crippen molar-refractivity contribution in [1.29, 1.82) is 0 Å². The summed E-state index contributed by atoms with van der Waals surface area (Å²) < 4.78 is 37.4. The monoisotopic (exact) mass is 375 g/mol. The zero-order valence-corrected chi connectivity index (χ0v) is 14.8. The van der Waals surface area contributed by atoms with E-state index in [4.69, 9.17) is 9.47 Å². The minimum atomic E-state index is -3.41. The number of benzene rings is 1. The molecule has 0 fully saturated rings. The highest BCUT2D eigenvalue weighted by Crippen LogP contribution is 2.34. The van der Waals surface area contributed by atoms with Gasteiger partial charge in [0.15, 0.2) is 11.5 Å². The molecule has 3 aliphatic heterocycles.